The van der Waals surface area contributed by atoms with E-state index < -0.39 is 0 Å². The number of hydrogen-bond acceptors (Lipinski definition) is 7. The molecule has 7 nitrogen and oxygen atoms in total. The van der Waals surface area contributed by atoms with Crippen LogP contribution < -0.4 is 5.73 Å². The van der Waals surface area contributed by atoms with Crippen LogP contribution >= 0.6 is 11.3 Å². The largest absolute Gasteiger partial charge is 0.374 e. The van der Waals surface area contributed by atoms with Crippen LogP contribution in [-0.2, 0) is 6.54 Å². The molecule has 0 radical (unpaired) electrons. The van der Waals surface area contributed by atoms with Crippen molar-refractivity contribution in [3.63, 3.8) is 0 Å². The first-order valence-corrected chi connectivity index (χ1v) is 6.04. The van der Waals surface area contributed by atoms with Gasteiger partial charge >= 0.3 is 0 Å². The summed E-state index contributed by atoms with van der Waals surface area (Å²) in [6.07, 6.45) is 0. The number of hydrogen-bond donors (Lipinski definition) is 1. The van der Waals surface area contributed by atoms with Crippen LogP contribution in [0.15, 0.2) is 30.3 Å². The van der Waals surface area contributed by atoms with Crippen molar-refractivity contribution in [1.82, 2.24) is 30.4 Å². The Morgan fingerprint density at radius 1 is 1.11 bits per heavy atom. The summed E-state index contributed by atoms with van der Waals surface area (Å²) in [5.74, 6) is 0.591. The first kappa shape index (κ1) is 10.8. The van der Waals surface area contributed by atoms with Crippen LogP contribution in [0.4, 0.5) is 5.13 Å². The van der Waals surface area contributed by atoms with E-state index in [1.54, 1.807) is 0 Å². The smallest absolute Gasteiger partial charge is 0.204 e. The highest BCUT2D eigenvalue weighted by Gasteiger charge is 2.07. The summed E-state index contributed by atoms with van der Waals surface area (Å²) >= 11 is 1.31. The Bertz CT molecular complexity index is 645. The minimum absolute atomic E-state index is 0.425. The standard InChI is InChI=1S/C10H9N7S/c11-10-14-12-8(18-10)6-17-15-9(13-16-17)7-4-2-1-3-5-7/h1-5H,6H2,(H2,11,14). The quantitative estimate of drug-likeness (QED) is 0.748. The molecule has 0 amide bonds. The maximum atomic E-state index is 5.51. The lowest BCUT2D eigenvalue weighted by molar-refractivity contribution is 0.568. The summed E-state index contributed by atoms with van der Waals surface area (Å²) in [5, 5.41) is 21.1. The van der Waals surface area contributed by atoms with Crippen LogP contribution in [0.2, 0.25) is 0 Å². The summed E-state index contributed by atoms with van der Waals surface area (Å²) in [7, 11) is 0. The molecule has 0 aliphatic rings. The summed E-state index contributed by atoms with van der Waals surface area (Å²) < 4.78 is 0. The highest BCUT2D eigenvalue weighted by Crippen LogP contribution is 2.14. The Balaban J connectivity index is 1.82. The zero-order valence-electron chi connectivity index (χ0n) is 9.26. The summed E-state index contributed by atoms with van der Waals surface area (Å²) in [5.41, 5.74) is 6.44. The van der Waals surface area contributed by atoms with Crippen molar-refractivity contribution in [2.75, 3.05) is 5.73 Å². The molecule has 0 saturated carbocycles. The maximum Gasteiger partial charge on any atom is 0.204 e. The second kappa shape index (κ2) is 4.49. The van der Waals surface area contributed by atoms with E-state index in [-0.39, 0.29) is 0 Å². The summed E-state index contributed by atoms with van der Waals surface area (Å²) in [4.78, 5) is 1.47. The minimum Gasteiger partial charge on any atom is -0.374 e. The number of tetrazole rings is 1. The molecule has 2 aromatic heterocycles. The maximum absolute atomic E-state index is 5.51. The van der Waals surface area contributed by atoms with Gasteiger partial charge < -0.3 is 5.73 Å². The lowest BCUT2D eigenvalue weighted by Gasteiger charge is -1.93. The van der Waals surface area contributed by atoms with E-state index in [9.17, 15) is 0 Å². The molecular formula is C10H9N7S. The van der Waals surface area contributed by atoms with Crippen molar-refractivity contribution in [2.24, 2.45) is 0 Å². The number of nitrogens with zero attached hydrogens (tertiary/aromatic N) is 6. The minimum atomic E-state index is 0.425. The highest BCUT2D eigenvalue weighted by molar-refractivity contribution is 7.15. The van der Waals surface area contributed by atoms with Gasteiger partial charge in [0.25, 0.3) is 0 Å². The Hall–Kier alpha value is -2.35. The van der Waals surface area contributed by atoms with Crippen LogP contribution in [-0.4, -0.2) is 30.4 Å². The fourth-order valence-corrected chi connectivity index (χ4v) is 2.05. The van der Waals surface area contributed by atoms with Crippen LogP contribution in [0, 0.1) is 0 Å². The van der Waals surface area contributed by atoms with Crippen molar-refractivity contribution in [2.45, 2.75) is 6.54 Å². The summed E-state index contributed by atoms with van der Waals surface area (Å²) in [6, 6.07) is 9.68. The molecule has 2 heterocycles. The van der Waals surface area contributed by atoms with E-state index in [0.29, 0.717) is 17.5 Å². The third-order valence-corrected chi connectivity index (χ3v) is 2.98. The molecule has 2 N–H and O–H groups in total. The van der Waals surface area contributed by atoms with Gasteiger partial charge in [-0.25, -0.2) is 0 Å². The second-order valence-electron chi connectivity index (χ2n) is 3.54. The average molecular weight is 259 g/mol. The molecule has 90 valence electrons. The molecule has 18 heavy (non-hydrogen) atoms. The lowest BCUT2D eigenvalue weighted by atomic mass is 10.2. The van der Waals surface area contributed by atoms with Gasteiger partial charge in [0.1, 0.15) is 11.6 Å². The highest BCUT2D eigenvalue weighted by atomic mass is 32.1. The molecule has 8 heteroatoms. The van der Waals surface area contributed by atoms with Gasteiger partial charge in [0.05, 0.1) is 0 Å². The zero-order valence-corrected chi connectivity index (χ0v) is 10.1. The van der Waals surface area contributed by atoms with E-state index in [2.05, 4.69) is 25.6 Å². The number of nitrogen functional groups attached to an aromatic ring is 1. The molecule has 0 saturated heterocycles. The Labute approximate surface area is 106 Å². The van der Waals surface area contributed by atoms with Crippen LogP contribution in [0.5, 0.6) is 0 Å². The molecule has 0 unspecified atom stereocenters. The van der Waals surface area contributed by atoms with Crippen LogP contribution in [0.3, 0.4) is 0 Å². The Morgan fingerprint density at radius 3 is 2.67 bits per heavy atom. The van der Waals surface area contributed by atoms with Gasteiger partial charge in [0.15, 0.2) is 0 Å². The molecule has 1 aromatic carbocycles. The van der Waals surface area contributed by atoms with Gasteiger partial charge in [-0.05, 0) is 5.21 Å². The zero-order chi connectivity index (χ0) is 12.4. The van der Waals surface area contributed by atoms with E-state index in [0.717, 1.165) is 10.6 Å². The van der Waals surface area contributed by atoms with Gasteiger partial charge in [-0.15, -0.1) is 20.4 Å². The number of rotatable bonds is 3. The predicted molar refractivity (Wildman–Crippen MR) is 66.7 cm³/mol. The molecule has 3 rings (SSSR count). The number of nitrogens with two attached hydrogens (primary N) is 1. The van der Waals surface area contributed by atoms with Gasteiger partial charge in [0, 0.05) is 5.56 Å². The van der Waals surface area contributed by atoms with Crippen LogP contribution in [0.25, 0.3) is 11.4 Å². The molecule has 0 aliphatic carbocycles. The molecule has 0 aliphatic heterocycles. The van der Waals surface area contributed by atoms with E-state index in [1.807, 2.05) is 30.3 Å². The number of benzene rings is 1. The van der Waals surface area contributed by atoms with Gasteiger partial charge in [-0.1, -0.05) is 41.7 Å². The third-order valence-electron chi connectivity index (χ3n) is 2.24. The van der Waals surface area contributed by atoms with Gasteiger partial charge in [0.2, 0.25) is 11.0 Å². The average Bonchev–Trinajstić information content (AvgIpc) is 3.01. The third kappa shape index (κ3) is 2.18. The Morgan fingerprint density at radius 2 is 1.94 bits per heavy atom. The fraction of sp³-hybridized carbons (Fsp3) is 0.100. The lowest BCUT2D eigenvalue weighted by Crippen LogP contribution is -2.03. The van der Waals surface area contributed by atoms with Gasteiger partial charge in [-0.3, -0.25) is 0 Å². The monoisotopic (exact) mass is 259 g/mol. The number of aromatic nitrogens is 6. The molecule has 0 spiro atoms. The number of anilines is 1. The molecule has 3 aromatic rings. The van der Waals surface area contributed by atoms with Crippen molar-refractivity contribution in [1.29, 1.82) is 0 Å². The summed E-state index contributed by atoms with van der Waals surface area (Å²) in [6.45, 7) is 0.425. The second-order valence-corrected chi connectivity index (χ2v) is 4.64. The Kier molecular flexibility index (Phi) is 2.69. The van der Waals surface area contributed by atoms with E-state index >= 15 is 0 Å². The van der Waals surface area contributed by atoms with Gasteiger partial charge in [-0.2, -0.15) is 4.80 Å². The fourth-order valence-electron chi connectivity index (χ4n) is 1.46. The van der Waals surface area contributed by atoms with E-state index in [1.165, 1.54) is 16.1 Å². The van der Waals surface area contributed by atoms with Crippen molar-refractivity contribution in [3.05, 3.63) is 35.3 Å². The molecular weight excluding hydrogens is 250 g/mol. The first-order valence-electron chi connectivity index (χ1n) is 5.22. The van der Waals surface area contributed by atoms with Crippen LogP contribution in [0.1, 0.15) is 5.01 Å². The topological polar surface area (TPSA) is 95.4 Å². The first-order chi connectivity index (χ1) is 8.81. The van der Waals surface area contributed by atoms with E-state index in [4.69, 9.17) is 5.73 Å². The molecule has 0 fully saturated rings. The predicted octanol–water partition coefficient (Wildman–Crippen LogP) is 0.822. The van der Waals surface area contributed by atoms with Crippen molar-refractivity contribution in [3.8, 4) is 11.4 Å². The molecule has 0 bridgehead atoms. The van der Waals surface area contributed by atoms with Crippen molar-refractivity contribution < 1.29 is 0 Å². The molecule has 0 atom stereocenters. The van der Waals surface area contributed by atoms with Crippen molar-refractivity contribution >= 4 is 16.5 Å². The normalized spacial score (nSPS) is 10.7. The SMILES string of the molecule is Nc1nnc(Cn2nnc(-c3ccccc3)n2)s1.